The molecule has 0 rings (SSSR count). The third-order valence-corrected chi connectivity index (χ3v) is 1.50. The van der Waals surface area contributed by atoms with Gasteiger partial charge in [0.1, 0.15) is 0 Å². The molecule has 0 fully saturated rings. The molecule has 10 heavy (non-hydrogen) atoms. The first kappa shape index (κ1) is 10.0. The van der Waals surface area contributed by atoms with Crippen molar-refractivity contribution in [1.29, 1.82) is 0 Å². The Hall–Kier alpha value is 0.0500. The molecule has 0 aromatic carbocycles. The minimum Gasteiger partial charge on any atom is -0.343 e. The van der Waals surface area contributed by atoms with Crippen LogP contribution in [-0.4, -0.2) is 29.2 Å². The Morgan fingerprint density at radius 3 is 2.40 bits per heavy atom. The summed E-state index contributed by atoms with van der Waals surface area (Å²) in [4.78, 5) is 11.5. The van der Waals surface area contributed by atoms with Gasteiger partial charge in [-0.25, -0.2) is 0 Å². The van der Waals surface area contributed by atoms with E-state index in [0.717, 1.165) is 6.42 Å². The van der Waals surface area contributed by atoms with Gasteiger partial charge in [-0.3, -0.25) is 4.79 Å². The highest BCUT2D eigenvalue weighted by atomic mass is 35.5. The number of carbonyl (C=O) groups excluding carboxylic acids is 1. The Bertz CT molecular complexity index is 116. The van der Waals surface area contributed by atoms with Crippen LogP contribution in [0.2, 0.25) is 0 Å². The summed E-state index contributed by atoms with van der Waals surface area (Å²) in [5.74, 6) is -0.231. The summed E-state index contributed by atoms with van der Waals surface area (Å²) < 4.78 is 0. The van der Waals surface area contributed by atoms with Crippen LogP contribution in [0.3, 0.4) is 0 Å². The number of halogens is 2. The SMILES string of the molecule is CCCN(C)C(=O)C(Cl)Cl. The molecule has 0 atom stereocenters. The molecular formula is C6H11Cl2NO. The summed E-state index contributed by atoms with van der Waals surface area (Å²) in [6.07, 6.45) is 0.919. The Kier molecular flexibility index (Phi) is 4.83. The van der Waals surface area contributed by atoms with E-state index in [2.05, 4.69) is 0 Å². The van der Waals surface area contributed by atoms with E-state index >= 15 is 0 Å². The zero-order chi connectivity index (χ0) is 8.15. The van der Waals surface area contributed by atoms with Gasteiger partial charge >= 0.3 is 0 Å². The molecule has 2 nitrogen and oxygen atoms in total. The fourth-order valence-electron chi connectivity index (χ4n) is 0.612. The number of carbonyl (C=O) groups is 1. The number of alkyl halides is 2. The molecule has 0 unspecified atom stereocenters. The van der Waals surface area contributed by atoms with Crippen molar-refractivity contribution in [2.75, 3.05) is 13.6 Å². The lowest BCUT2D eigenvalue weighted by Gasteiger charge is -2.15. The van der Waals surface area contributed by atoms with Crippen molar-refractivity contribution in [2.24, 2.45) is 0 Å². The highest BCUT2D eigenvalue weighted by molar-refractivity contribution is 6.53. The van der Waals surface area contributed by atoms with Crippen molar-refractivity contribution in [1.82, 2.24) is 4.90 Å². The van der Waals surface area contributed by atoms with Crippen molar-refractivity contribution >= 4 is 29.1 Å². The molecule has 4 heteroatoms. The fraction of sp³-hybridized carbons (Fsp3) is 0.833. The van der Waals surface area contributed by atoms with Gasteiger partial charge in [0.15, 0.2) is 4.84 Å². The van der Waals surface area contributed by atoms with Gasteiger partial charge in [0.25, 0.3) is 5.91 Å². The van der Waals surface area contributed by atoms with Gasteiger partial charge in [0, 0.05) is 13.6 Å². The molecule has 0 N–H and O–H groups in total. The van der Waals surface area contributed by atoms with Crippen LogP contribution >= 0.6 is 23.2 Å². The Labute approximate surface area is 71.1 Å². The molecule has 0 saturated carbocycles. The average molecular weight is 184 g/mol. The molecule has 0 aliphatic heterocycles. The predicted octanol–water partition coefficient (Wildman–Crippen LogP) is 1.66. The zero-order valence-corrected chi connectivity index (χ0v) is 7.61. The highest BCUT2D eigenvalue weighted by Gasteiger charge is 2.14. The Balaban J connectivity index is 3.71. The molecule has 0 radical (unpaired) electrons. The van der Waals surface area contributed by atoms with Crippen molar-refractivity contribution in [2.45, 2.75) is 18.2 Å². The van der Waals surface area contributed by atoms with Crippen LogP contribution in [0, 0.1) is 0 Å². The molecule has 0 aromatic rings. The van der Waals surface area contributed by atoms with Gasteiger partial charge in [0.05, 0.1) is 0 Å². The van der Waals surface area contributed by atoms with E-state index in [1.165, 1.54) is 4.90 Å². The zero-order valence-electron chi connectivity index (χ0n) is 6.10. The first-order chi connectivity index (χ1) is 4.59. The maximum absolute atomic E-state index is 10.9. The quantitative estimate of drug-likeness (QED) is 0.610. The van der Waals surface area contributed by atoms with E-state index in [0.29, 0.717) is 6.54 Å². The van der Waals surface area contributed by atoms with Crippen molar-refractivity contribution in [3.63, 3.8) is 0 Å². The third kappa shape index (κ3) is 3.28. The molecule has 0 heterocycles. The lowest BCUT2D eigenvalue weighted by molar-refractivity contribution is -0.128. The van der Waals surface area contributed by atoms with Crippen LogP contribution < -0.4 is 0 Å². The number of hydrogen-bond donors (Lipinski definition) is 0. The summed E-state index contributed by atoms with van der Waals surface area (Å²) in [6, 6.07) is 0. The van der Waals surface area contributed by atoms with Gasteiger partial charge in [0.2, 0.25) is 0 Å². The predicted molar refractivity (Wildman–Crippen MR) is 43.4 cm³/mol. The first-order valence-corrected chi connectivity index (χ1v) is 4.00. The number of rotatable bonds is 3. The number of hydrogen-bond acceptors (Lipinski definition) is 1. The Morgan fingerprint density at radius 2 is 2.10 bits per heavy atom. The molecule has 0 aliphatic rings. The van der Waals surface area contributed by atoms with Gasteiger partial charge < -0.3 is 4.90 Å². The molecule has 0 spiro atoms. The topological polar surface area (TPSA) is 20.3 Å². The fourth-order valence-corrected chi connectivity index (χ4v) is 0.945. The van der Waals surface area contributed by atoms with E-state index < -0.39 is 4.84 Å². The lowest BCUT2D eigenvalue weighted by Crippen LogP contribution is -2.31. The first-order valence-electron chi connectivity index (χ1n) is 3.12. The summed E-state index contributed by atoms with van der Waals surface area (Å²) in [5, 5.41) is 0. The third-order valence-electron chi connectivity index (χ3n) is 1.12. The second kappa shape index (κ2) is 4.80. The van der Waals surface area contributed by atoms with Crippen LogP contribution in [0.15, 0.2) is 0 Å². The van der Waals surface area contributed by atoms with Gasteiger partial charge in [-0.05, 0) is 6.42 Å². The van der Waals surface area contributed by atoms with Crippen molar-refractivity contribution in [3.8, 4) is 0 Å². The normalized spacial score (nSPS) is 10.1. The lowest BCUT2D eigenvalue weighted by atomic mass is 10.4. The van der Waals surface area contributed by atoms with Crippen molar-refractivity contribution < 1.29 is 4.79 Å². The molecule has 0 bridgehead atoms. The molecule has 60 valence electrons. The molecule has 0 aromatic heterocycles. The minimum absolute atomic E-state index is 0.231. The monoisotopic (exact) mass is 183 g/mol. The van der Waals surface area contributed by atoms with E-state index in [1.54, 1.807) is 7.05 Å². The van der Waals surface area contributed by atoms with Crippen LogP contribution in [0.25, 0.3) is 0 Å². The smallest absolute Gasteiger partial charge is 0.255 e. The summed E-state index contributed by atoms with van der Waals surface area (Å²) in [6.45, 7) is 2.69. The largest absolute Gasteiger partial charge is 0.343 e. The van der Waals surface area contributed by atoms with Gasteiger partial charge in [-0.1, -0.05) is 30.1 Å². The van der Waals surface area contributed by atoms with E-state index in [4.69, 9.17) is 23.2 Å². The average Bonchev–Trinajstić information content (AvgIpc) is 1.87. The van der Waals surface area contributed by atoms with Crippen LogP contribution in [0.5, 0.6) is 0 Å². The molecular weight excluding hydrogens is 173 g/mol. The molecule has 1 amide bonds. The standard InChI is InChI=1S/C6H11Cl2NO/c1-3-4-9(2)6(10)5(7)8/h5H,3-4H2,1-2H3. The van der Waals surface area contributed by atoms with Crippen LogP contribution in [-0.2, 0) is 4.79 Å². The van der Waals surface area contributed by atoms with Crippen LogP contribution in [0.4, 0.5) is 0 Å². The summed E-state index contributed by atoms with van der Waals surface area (Å²) in [5.41, 5.74) is 0. The number of nitrogens with zero attached hydrogens (tertiary/aromatic N) is 1. The van der Waals surface area contributed by atoms with Crippen LogP contribution in [0.1, 0.15) is 13.3 Å². The maximum Gasteiger partial charge on any atom is 0.255 e. The Morgan fingerprint density at radius 1 is 1.60 bits per heavy atom. The molecule has 0 saturated heterocycles. The van der Waals surface area contributed by atoms with E-state index in [9.17, 15) is 4.79 Å². The molecule has 0 aliphatic carbocycles. The second-order valence-corrected chi connectivity index (χ2v) is 3.16. The highest BCUT2D eigenvalue weighted by Crippen LogP contribution is 2.05. The van der Waals surface area contributed by atoms with E-state index in [1.807, 2.05) is 6.92 Å². The minimum atomic E-state index is -0.920. The summed E-state index contributed by atoms with van der Waals surface area (Å²) >= 11 is 10.7. The van der Waals surface area contributed by atoms with Gasteiger partial charge in [-0.2, -0.15) is 0 Å². The van der Waals surface area contributed by atoms with Crippen molar-refractivity contribution in [3.05, 3.63) is 0 Å². The summed E-state index contributed by atoms with van der Waals surface area (Å²) in [7, 11) is 1.68. The van der Waals surface area contributed by atoms with E-state index in [-0.39, 0.29) is 5.91 Å². The second-order valence-electron chi connectivity index (χ2n) is 2.06. The maximum atomic E-state index is 10.9. The number of amides is 1. The van der Waals surface area contributed by atoms with Gasteiger partial charge in [-0.15, -0.1) is 0 Å².